The normalized spacial score (nSPS) is 17.4. The highest BCUT2D eigenvalue weighted by Gasteiger charge is 2.15. The zero-order chi connectivity index (χ0) is 12.1. The predicted molar refractivity (Wildman–Crippen MR) is 75.6 cm³/mol. The van der Waals surface area contributed by atoms with E-state index in [4.69, 9.17) is 0 Å². The highest BCUT2D eigenvalue weighted by atomic mass is 14.9. The molecule has 1 saturated carbocycles. The number of benzene rings is 1. The summed E-state index contributed by atoms with van der Waals surface area (Å²) >= 11 is 0. The fraction of sp³-hybridized carbons (Fsp3) is 0.625. The molecule has 0 amide bonds. The molecule has 1 aromatic rings. The Hall–Kier alpha value is -0.980. The van der Waals surface area contributed by atoms with Crippen LogP contribution in [-0.4, -0.2) is 6.54 Å². The van der Waals surface area contributed by atoms with Gasteiger partial charge < -0.3 is 5.32 Å². The maximum Gasteiger partial charge on any atom is 0.0343 e. The lowest BCUT2D eigenvalue weighted by molar-refractivity contribution is 0.443. The summed E-state index contributed by atoms with van der Waals surface area (Å²) in [6, 6.07) is 9.05. The van der Waals surface area contributed by atoms with Crippen molar-refractivity contribution >= 4 is 5.69 Å². The third-order valence-electron chi connectivity index (χ3n) is 3.68. The van der Waals surface area contributed by atoms with E-state index in [1.165, 1.54) is 37.8 Å². The number of rotatable bonds is 4. The lowest BCUT2D eigenvalue weighted by Crippen LogP contribution is -2.09. The van der Waals surface area contributed by atoms with Gasteiger partial charge in [0.15, 0.2) is 0 Å². The Kier molecular flexibility index (Phi) is 4.47. The third kappa shape index (κ3) is 3.76. The predicted octanol–water partition coefficient (Wildman–Crippen LogP) is 4.80. The molecule has 0 heterocycles. The summed E-state index contributed by atoms with van der Waals surface area (Å²) in [5.41, 5.74) is 2.83. The monoisotopic (exact) mass is 231 g/mol. The van der Waals surface area contributed by atoms with Crippen LogP contribution in [0.2, 0.25) is 0 Å². The smallest absolute Gasteiger partial charge is 0.0343 e. The molecule has 0 radical (unpaired) electrons. The fourth-order valence-corrected chi connectivity index (χ4v) is 2.66. The molecule has 0 unspecified atom stereocenters. The van der Waals surface area contributed by atoms with Crippen LogP contribution >= 0.6 is 0 Å². The van der Waals surface area contributed by atoms with Crippen molar-refractivity contribution in [2.24, 2.45) is 5.92 Å². The second-order valence-corrected chi connectivity index (χ2v) is 5.74. The van der Waals surface area contributed by atoms with Gasteiger partial charge in [0.05, 0.1) is 0 Å². The first-order chi connectivity index (χ1) is 8.25. The first-order valence-corrected chi connectivity index (χ1v) is 7.09. The van der Waals surface area contributed by atoms with E-state index < -0.39 is 0 Å². The number of anilines is 1. The lowest BCUT2D eigenvalue weighted by atomic mass is 9.84. The van der Waals surface area contributed by atoms with Crippen molar-refractivity contribution in [3.63, 3.8) is 0 Å². The van der Waals surface area contributed by atoms with Crippen LogP contribution in [0.1, 0.15) is 57.4 Å². The van der Waals surface area contributed by atoms with E-state index in [1.807, 2.05) is 0 Å². The summed E-state index contributed by atoms with van der Waals surface area (Å²) in [6.07, 6.45) is 7.02. The van der Waals surface area contributed by atoms with E-state index in [0.717, 1.165) is 12.5 Å². The molecule has 1 aromatic carbocycles. The Labute approximate surface area is 106 Å². The van der Waals surface area contributed by atoms with E-state index in [2.05, 4.69) is 43.4 Å². The molecule has 0 aliphatic heterocycles. The molecule has 0 bridgehead atoms. The summed E-state index contributed by atoms with van der Waals surface area (Å²) in [5.74, 6) is 1.51. The van der Waals surface area contributed by atoms with Crippen LogP contribution in [0.25, 0.3) is 0 Å². The van der Waals surface area contributed by atoms with Crippen molar-refractivity contribution in [2.75, 3.05) is 11.9 Å². The van der Waals surface area contributed by atoms with E-state index in [1.54, 1.807) is 5.56 Å². The van der Waals surface area contributed by atoms with Gasteiger partial charge >= 0.3 is 0 Å². The standard InChI is InChI=1S/C16H25N/c1-13(2)12-17-16-10-6-9-15(11-16)14-7-4-3-5-8-14/h6,9-11,13-14,17H,3-5,7-8,12H2,1-2H3. The molecule has 0 aromatic heterocycles. The van der Waals surface area contributed by atoms with Crippen LogP contribution < -0.4 is 5.32 Å². The van der Waals surface area contributed by atoms with E-state index in [0.29, 0.717) is 5.92 Å². The van der Waals surface area contributed by atoms with Gasteiger partial charge in [-0.15, -0.1) is 0 Å². The molecule has 0 spiro atoms. The van der Waals surface area contributed by atoms with Crippen LogP contribution in [0, 0.1) is 5.92 Å². The van der Waals surface area contributed by atoms with Gasteiger partial charge in [-0.05, 0) is 42.4 Å². The minimum absolute atomic E-state index is 0.702. The molecule has 1 fully saturated rings. The van der Waals surface area contributed by atoms with E-state index in [-0.39, 0.29) is 0 Å². The average molecular weight is 231 g/mol. The van der Waals surface area contributed by atoms with Gasteiger partial charge in [0.1, 0.15) is 0 Å². The number of hydrogen-bond acceptors (Lipinski definition) is 1. The van der Waals surface area contributed by atoms with E-state index >= 15 is 0 Å². The minimum atomic E-state index is 0.702. The van der Waals surface area contributed by atoms with Gasteiger partial charge in [-0.2, -0.15) is 0 Å². The second kappa shape index (κ2) is 6.09. The van der Waals surface area contributed by atoms with Crippen molar-refractivity contribution < 1.29 is 0 Å². The quantitative estimate of drug-likeness (QED) is 0.784. The van der Waals surface area contributed by atoms with Crippen molar-refractivity contribution in [3.8, 4) is 0 Å². The topological polar surface area (TPSA) is 12.0 Å². The van der Waals surface area contributed by atoms with Gasteiger partial charge in [-0.1, -0.05) is 45.2 Å². The van der Waals surface area contributed by atoms with Crippen LogP contribution in [0.5, 0.6) is 0 Å². The lowest BCUT2D eigenvalue weighted by Gasteiger charge is -2.22. The van der Waals surface area contributed by atoms with E-state index in [9.17, 15) is 0 Å². The Morgan fingerprint density at radius 1 is 1.18 bits per heavy atom. The zero-order valence-electron chi connectivity index (χ0n) is 11.2. The second-order valence-electron chi connectivity index (χ2n) is 5.74. The first kappa shape index (κ1) is 12.5. The van der Waals surface area contributed by atoms with Crippen LogP contribution in [0.3, 0.4) is 0 Å². The zero-order valence-corrected chi connectivity index (χ0v) is 11.2. The third-order valence-corrected chi connectivity index (χ3v) is 3.68. The summed E-state index contributed by atoms with van der Waals surface area (Å²) < 4.78 is 0. The molecule has 1 aliphatic rings. The Morgan fingerprint density at radius 2 is 1.94 bits per heavy atom. The van der Waals surface area contributed by atoms with Gasteiger partial charge in [-0.25, -0.2) is 0 Å². The van der Waals surface area contributed by atoms with Crippen molar-refractivity contribution in [1.29, 1.82) is 0 Å². The molecule has 0 saturated heterocycles. The van der Waals surface area contributed by atoms with Gasteiger partial charge in [-0.3, -0.25) is 0 Å². The van der Waals surface area contributed by atoms with Crippen LogP contribution in [0.15, 0.2) is 24.3 Å². The molecule has 17 heavy (non-hydrogen) atoms. The van der Waals surface area contributed by atoms with Gasteiger partial charge in [0, 0.05) is 12.2 Å². The van der Waals surface area contributed by atoms with Crippen LogP contribution in [0.4, 0.5) is 5.69 Å². The average Bonchev–Trinajstić information content (AvgIpc) is 2.38. The molecule has 2 rings (SSSR count). The molecule has 1 N–H and O–H groups in total. The summed E-state index contributed by atoms with van der Waals surface area (Å²) in [5, 5.41) is 3.52. The molecule has 0 atom stereocenters. The summed E-state index contributed by atoms with van der Waals surface area (Å²) in [4.78, 5) is 0. The Morgan fingerprint density at radius 3 is 2.65 bits per heavy atom. The van der Waals surface area contributed by atoms with Crippen molar-refractivity contribution in [3.05, 3.63) is 29.8 Å². The number of nitrogens with one attached hydrogen (secondary N) is 1. The molecule has 1 heteroatoms. The SMILES string of the molecule is CC(C)CNc1cccc(C2CCCCC2)c1. The largest absolute Gasteiger partial charge is 0.385 e. The van der Waals surface area contributed by atoms with Gasteiger partial charge in [0.25, 0.3) is 0 Å². The molecular formula is C16H25N. The van der Waals surface area contributed by atoms with Crippen molar-refractivity contribution in [1.82, 2.24) is 0 Å². The molecule has 1 nitrogen and oxygen atoms in total. The highest BCUT2D eigenvalue weighted by Crippen LogP contribution is 2.33. The molecule has 94 valence electrons. The maximum absolute atomic E-state index is 3.52. The first-order valence-electron chi connectivity index (χ1n) is 7.09. The Balaban J connectivity index is 2.00. The molecule has 1 aliphatic carbocycles. The van der Waals surface area contributed by atoms with Gasteiger partial charge in [0.2, 0.25) is 0 Å². The summed E-state index contributed by atoms with van der Waals surface area (Å²) in [7, 11) is 0. The minimum Gasteiger partial charge on any atom is -0.385 e. The molecular weight excluding hydrogens is 206 g/mol. The maximum atomic E-state index is 3.52. The summed E-state index contributed by atoms with van der Waals surface area (Å²) in [6.45, 7) is 5.56. The highest BCUT2D eigenvalue weighted by molar-refractivity contribution is 5.46. The fourth-order valence-electron chi connectivity index (χ4n) is 2.66. The van der Waals surface area contributed by atoms with Crippen molar-refractivity contribution in [2.45, 2.75) is 51.9 Å². The Bertz CT molecular complexity index is 337. The number of hydrogen-bond donors (Lipinski definition) is 1. The van der Waals surface area contributed by atoms with Crippen LogP contribution in [-0.2, 0) is 0 Å².